The lowest BCUT2D eigenvalue weighted by Gasteiger charge is -2.28. The third kappa shape index (κ3) is 43.1. The van der Waals surface area contributed by atoms with Gasteiger partial charge in [-0.3, -0.25) is 102 Å². The maximum Gasteiger partial charge on any atom is 0.326 e. The molecule has 0 saturated carbocycles. The fraction of sp³-hybridized carbons (Fsp3) is 0.441. The zero-order valence-electron chi connectivity index (χ0n) is 79.8. The first-order valence-corrected chi connectivity index (χ1v) is 48.4. The van der Waals surface area contributed by atoms with Gasteiger partial charge in [0.25, 0.3) is 0 Å². The molecule has 15 atom stereocenters. The van der Waals surface area contributed by atoms with Gasteiger partial charge in [0.05, 0.1) is 38.4 Å². The molecule has 1 aliphatic heterocycles. The Labute approximate surface area is 859 Å². The number of phenolic OH excluding ortho intramolecular Hbond substituents is 3. The van der Waals surface area contributed by atoms with Gasteiger partial charge >= 0.3 is 17.9 Å². The highest BCUT2D eigenvalue weighted by molar-refractivity contribution is 7.80. The molecule has 0 unspecified atom stereocenters. The van der Waals surface area contributed by atoms with Crippen LogP contribution < -0.4 is 119 Å². The summed E-state index contributed by atoms with van der Waals surface area (Å²) >= 11 is 12.6. The summed E-state index contributed by atoms with van der Waals surface area (Å²) in [4.78, 5) is 279. The molecule has 0 bridgehead atoms. The Balaban J connectivity index is 1.19. The van der Waals surface area contributed by atoms with Gasteiger partial charge in [-0.2, -0.15) is 37.9 Å². The quantitative estimate of drug-likeness (QED) is 0.00744. The Morgan fingerprint density at radius 1 is 0.347 bits per heavy atom. The molecule has 54 heteroatoms. The minimum atomic E-state index is -2.23. The van der Waals surface area contributed by atoms with Crippen molar-refractivity contribution in [3.63, 3.8) is 0 Å². The summed E-state index contributed by atoms with van der Waals surface area (Å²) in [7, 11) is 0. The van der Waals surface area contributed by atoms with Gasteiger partial charge in [0, 0.05) is 69.0 Å². The summed E-state index contributed by atoms with van der Waals surface area (Å²) in [5.74, 6) is -26.2. The summed E-state index contributed by atoms with van der Waals surface area (Å²) in [6.07, 6.45) is -4.71. The van der Waals surface area contributed by atoms with Crippen molar-refractivity contribution >= 4 is 168 Å². The number of carboxylic acids is 3. The highest BCUT2D eigenvalue weighted by Crippen LogP contribution is 2.21. The number of carbonyl (C=O) groups excluding carboxylic acids is 17. The van der Waals surface area contributed by atoms with Crippen molar-refractivity contribution in [1.29, 1.82) is 10.8 Å². The second kappa shape index (κ2) is 62.2. The number of phenols is 3. The van der Waals surface area contributed by atoms with E-state index in [2.05, 4.69) is 128 Å². The number of aliphatic carboxylic acids is 3. The molecular formula is C93H127N25O26S3. The molecule has 0 spiro atoms. The number of unbranched alkanes of at least 4 members (excludes halogenated alkanes) is 1. The molecule has 1 saturated heterocycles. The third-order valence-electron chi connectivity index (χ3n) is 22.6. The van der Waals surface area contributed by atoms with Crippen molar-refractivity contribution in [2.45, 2.75) is 200 Å². The smallest absolute Gasteiger partial charge is 0.326 e. The Morgan fingerprint density at radius 3 is 1.06 bits per heavy atom. The standard InChI is InChI=1S/C93H127N25O26S3/c94-32-8-7-17-59(81(133)109-63(39-53-24-30-56(121)31-25-53)84(136)116-70(48-147)89(141)114-67(91(143)144)40-50-14-5-2-6-15-50)106-82(134)62(38-52-22-28-55(120)29-23-52)108-80(132)58(18-10-34-102-93(99)100)105-73(123)44-103-78(130)60(37-51-20-26-54(119)27-21-51)107-85(137)64(41-72(96)122)111-86(138)65(42-75(125)126)112-83(135)61(36-49-12-3-1-4-13-49)110-88(140)69(47-146)117-87(139)66(43-76(127)128)113-90(142)71-19-11-35-118(71)74(124)45-104-79(131)68(46-145)115-77(129)57(95)16-9-33-101-92(97)98/h1-6,12-15,20-31,57-71,119-121,145-147H,7-11,16-19,32-48,94-95H2,(H2,96,122)(H,103,130)(H,104,131)(H,105,123)(H,106,134)(H,107,137)(H,108,132)(H,109,133)(H,110,140)(H,111,138)(H,112,135)(H,113,142)(H,114,141)(H,115,129)(H,116,136)(H,117,139)(H,125,126)(H,127,128)(H,143,144)(H4,97,98,101)(H4,99,100,102)/t57-,58-,59-,60-,61-,62-,63-,64-,65-,66-,67-,68-,69-,70-,71-/m0/s1. The van der Waals surface area contributed by atoms with Crippen LogP contribution in [0, 0.1) is 10.8 Å². The van der Waals surface area contributed by atoms with E-state index in [9.17, 15) is 122 Å². The largest absolute Gasteiger partial charge is 0.508 e. The molecule has 1 fully saturated rings. The maximum absolute atomic E-state index is 15.0. The van der Waals surface area contributed by atoms with Gasteiger partial charge in [-0.15, -0.1) is 0 Å². The molecule has 17 amide bonds. The average molecular weight is 2110 g/mol. The topological polar surface area (TPSA) is 848 Å². The Bertz CT molecular complexity index is 5400. The second-order valence-corrected chi connectivity index (χ2v) is 35.2. The number of rotatable bonds is 63. The van der Waals surface area contributed by atoms with Crippen molar-refractivity contribution in [3.05, 3.63) is 161 Å². The number of aromatic hydroxyl groups is 3. The number of thiol groups is 3. The van der Waals surface area contributed by atoms with Crippen LogP contribution in [0.1, 0.15) is 105 Å². The number of benzene rings is 5. The van der Waals surface area contributed by atoms with Crippen LogP contribution >= 0.6 is 37.9 Å². The lowest BCUT2D eigenvalue weighted by molar-refractivity contribution is -0.143. The van der Waals surface area contributed by atoms with Gasteiger partial charge in [0.2, 0.25) is 100 Å². The molecule has 0 radical (unpaired) electrons. The van der Waals surface area contributed by atoms with Crippen LogP contribution in [0.15, 0.2) is 133 Å². The van der Waals surface area contributed by atoms with Crippen molar-refractivity contribution in [2.75, 3.05) is 56.5 Å². The van der Waals surface area contributed by atoms with E-state index in [0.29, 0.717) is 35.1 Å². The first kappa shape index (κ1) is 120. The van der Waals surface area contributed by atoms with Gasteiger partial charge in [-0.1, -0.05) is 97.1 Å². The lowest BCUT2D eigenvalue weighted by atomic mass is 10.0. The van der Waals surface area contributed by atoms with Gasteiger partial charge < -0.3 is 155 Å². The molecule has 1 heterocycles. The number of nitrogens with two attached hydrogens (primary N) is 5. The SMILES string of the molecule is N=C(N)NCCC[C@H](NC(=O)CNC(=O)[C@H](Cc1ccc(O)cc1)NC(=O)[C@H](CC(N)=O)NC(=O)[C@H](CC(=O)O)NC(=O)[C@H](Cc1ccccc1)NC(=O)[C@H](CS)NC(=O)[C@H](CC(=O)O)NC(=O)[C@@H]1CCCN1C(=O)CNC(=O)[C@H](CS)NC(=O)[C@@H](N)CCCNC(=N)N)C(=O)N[C@@H](Cc1ccc(O)cc1)C(=O)N[C@@H](CCCCN)C(=O)N[C@@H](Cc1ccc(O)cc1)C(=O)N[C@@H](CS)C(=O)N[C@@H](Cc1ccccc1)C(=O)O. The number of primary amides is 1. The van der Waals surface area contributed by atoms with E-state index in [-0.39, 0.29) is 131 Å². The number of amides is 17. The van der Waals surface area contributed by atoms with E-state index in [1.54, 1.807) is 36.4 Å². The summed E-state index contributed by atoms with van der Waals surface area (Å²) in [6.45, 7) is -1.53. The number of carbonyl (C=O) groups is 20. The van der Waals surface area contributed by atoms with E-state index < -0.39 is 266 Å². The van der Waals surface area contributed by atoms with Crippen LogP contribution in [0.25, 0.3) is 0 Å². The Morgan fingerprint density at radius 2 is 0.660 bits per heavy atom. The van der Waals surface area contributed by atoms with Crippen LogP contribution in [-0.4, -0.2) is 313 Å². The molecule has 0 aliphatic carbocycles. The molecule has 6 rings (SSSR count). The van der Waals surface area contributed by atoms with E-state index in [4.69, 9.17) is 39.5 Å². The number of nitrogens with zero attached hydrogens (tertiary/aromatic N) is 1. The zero-order valence-corrected chi connectivity index (χ0v) is 82.5. The van der Waals surface area contributed by atoms with E-state index in [1.807, 2.05) is 0 Å². The molecule has 1 aliphatic rings. The fourth-order valence-electron chi connectivity index (χ4n) is 14.9. The average Bonchev–Trinajstić information content (AvgIpc) is 1.74. The molecule has 0 aromatic heterocycles. The van der Waals surface area contributed by atoms with Gasteiger partial charge in [0.1, 0.15) is 102 Å². The number of hydrogen-bond acceptors (Lipinski definition) is 30. The normalized spacial score (nSPS) is 14.8. The Kier molecular flexibility index (Phi) is 50.8. The summed E-state index contributed by atoms with van der Waals surface area (Å²) in [6, 6.07) is 6.90. The van der Waals surface area contributed by atoms with E-state index in [0.717, 1.165) is 4.90 Å². The molecular weight excluding hydrogens is 1980 g/mol. The first-order chi connectivity index (χ1) is 69.9. The minimum Gasteiger partial charge on any atom is -0.508 e. The maximum atomic E-state index is 15.0. The highest BCUT2D eigenvalue weighted by atomic mass is 32.1. The number of hydrogen-bond donors (Lipinski definition) is 33. The van der Waals surface area contributed by atoms with E-state index in [1.165, 1.54) is 97.1 Å². The van der Waals surface area contributed by atoms with Crippen LogP contribution in [0.3, 0.4) is 0 Å². The molecule has 5 aromatic rings. The highest BCUT2D eigenvalue weighted by Gasteiger charge is 2.42. The van der Waals surface area contributed by atoms with Gasteiger partial charge in [-0.05, 0) is 129 Å². The summed E-state index contributed by atoms with van der Waals surface area (Å²) in [5, 5.41) is 117. The van der Waals surface area contributed by atoms with Crippen LogP contribution in [-0.2, 0) is 128 Å². The number of nitrogens with one attached hydrogen (secondary N) is 19. The van der Waals surface area contributed by atoms with Gasteiger partial charge in [0.15, 0.2) is 11.9 Å². The fourth-order valence-corrected chi connectivity index (χ4v) is 15.6. The predicted molar refractivity (Wildman–Crippen MR) is 538 cm³/mol. The van der Waals surface area contributed by atoms with Crippen LogP contribution in [0.2, 0.25) is 0 Å². The van der Waals surface area contributed by atoms with Crippen LogP contribution in [0.4, 0.5) is 0 Å². The van der Waals surface area contributed by atoms with Crippen molar-refractivity contribution < 1.29 is 127 Å². The van der Waals surface area contributed by atoms with Crippen molar-refractivity contribution in [2.24, 2.45) is 28.7 Å². The predicted octanol–water partition coefficient (Wildman–Crippen LogP) is -7.48. The van der Waals surface area contributed by atoms with Gasteiger partial charge in [-0.25, -0.2) is 4.79 Å². The minimum absolute atomic E-state index is 0.0151. The van der Waals surface area contributed by atoms with E-state index >= 15 is 4.79 Å². The molecule has 51 nitrogen and oxygen atoms in total. The number of likely N-dealkylation sites (tertiary alicyclic amines) is 1. The molecule has 798 valence electrons. The Hall–Kier alpha value is -15.6. The molecule has 147 heavy (non-hydrogen) atoms. The first-order valence-electron chi connectivity index (χ1n) is 46.5. The summed E-state index contributed by atoms with van der Waals surface area (Å²) < 4.78 is 0. The lowest BCUT2D eigenvalue weighted by Crippen LogP contribution is -2.61. The second-order valence-electron chi connectivity index (χ2n) is 34.1. The monoisotopic (exact) mass is 2110 g/mol. The van der Waals surface area contributed by atoms with Crippen molar-refractivity contribution in [3.8, 4) is 17.2 Å². The van der Waals surface area contributed by atoms with Crippen molar-refractivity contribution in [1.82, 2.24) is 95.3 Å². The summed E-state index contributed by atoms with van der Waals surface area (Å²) in [5.41, 5.74) is 30.0. The molecule has 35 N–H and O–H groups in total. The number of guanidine groups is 2. The third-order valence-corrected chi connectivity index (χ3v) is 23.7. The molecule has 5 aromatic carbocycles. The van der Waals surface area contributed by atoms with Crippen LogP contribution in [0.5, 0.6) is 17.2 Å². The zero-order chi connectivity index (χ0) is 109. The number of carboxylic acid groups (broad SMARTS) is 3.